The van der Waals surface area contributed by atoms with Crippen LogP contribution in [0.15, 0.2) is 132 Å². The van der Waals surface area contributed by atoms with Crippen LogP contribution in [0.3, 0.4) is 0 Å². The molecule has 48 heavy (non-hydrogen) atoms. The van der Waals surface area contributed by atoms with Gasteiger partial charge in [-0.15, -0.1) is 0 Å². The molecule has 0 bridgehead atoms. The average molecular weight is 687 g/mol. The lowest BCUT2D eigenvalue weighted by Crippen LogP contribution is -2.70. The van der Waals surface area contributed by atoms with Crippen LogP contribution >= 0.6 is 10.8 Å². The minimum absolute atomic E-state index is 0.000301. The molecule has 1 N–H and O–H groups in total. The lowest BCUT2D eigenvalue weighted by atomic mass is 10.0. The highest BCUT2D eigenvalue weighted by Crippen LogP contribution is 2.41. The molecule has 1 saturated heterocycles. The lowest BCUT2D eigenvalue weighted by molar-refractivity contribution is -0.155. The fraction of sp³-hybridized carbons (Fsp3) is 0.194. The Morgan fingerprint density at radius 2 is 1.40 bits per heavy atom. The summed E-state index contributed by atoms with van der Waals surface area (Å²) in [4.78, 5) is 41.8. The van der Waals surface area contributed by atoms with Crippen molar-refractivity contribution in [3.8, 4) is 5.75 Å². The second-order valence-electron chi connectivity index (χ2n) is 10.8. The predicted octanol–water partition coefficient (Wildman–Crippen LogP) is 5.36. The summed E-state index contributed by atoms with van der Waals surface area (Å²) < 4.78 is 44.3. The number of β-lactam (4-membered cyclic amide) rings is 1. The number of rotatable bonds is 13. The minimum atomic E-state index is -4.09. The predicted molar refractivity (Wildman–Crippen MR) is 181 cm³/mol. The van der Waals surface area contributed by atoms with Gasteiger partial charge in [0.2, 0.25) is 8.87 Å². The van der Waals surface area contributed by atoms with E-state index < -0.39 is 50.8 Å². The molecular formula is C36H34N2O8S2. The Morgan fingerprint density at radius 3 is 1.94 bits per heavy atom. The first-order valence-corrected chi connectivity index (χ1v) is 17.8. The highest BCUT2D eigenvalue weighted by atomic mass is 33.1. The highest BCUT2D eigenvalue weighted by Gasteiger charge is 2.55. The number of amides is 2. The first-order chi connectivity index (χ1) is 23.1. The normalized spacial score (nSPS) is 16.4. The molecule has 0 saturated carbocycles. The molecule has 0 radical (unpaired) electrons. The fourth-order valence-corrected chi connectivity index (χ4v) is 8.43. The van der Waals surface area contributed by atoms with Gasteiger partial charge in [-0.2, -0.15) is 0 Å². The number of ether oxygens (including phenoxy) is 3. The van der Waals surface area contributed by atoms with E-state index in [0.29, 0.717) is 27.7 Å². The molecule has 1 aliphatic heterocycles. The zero-order valence-corrected chi connectivity index (χ0v) is 28.1. The summed E-state index contributed by atoms with van der Waals surface area (Å²) in [5.41, 5.74) is 1.93. The van der Waals surface area contributed by atoms with Crippen LogP contribution < -0.4 is 10.1 Å². The number of carbonyl (C=O) groups is 3. The number of hydrogen-bond donors (Lipinski definition) is 1. The first kappa shape index (κ1) is 34.3. The number of esters is 1. The van der Waals surface area contributed by atoms with E-state index in [1.807, 2.05) is 67.6 Å². The van der Waals surface area contributed by atoms with Gasteiger partial charge in [-0.1, -0.05) is 96.6 Å². The summed E-state index contributed by atoms with van der Waals surface area (Å²) in [5, 5.41) is 1.33. The molecule has 1 aliphatic rings. The molecule has 1 fully saturated rings. The number of allylic oxidation sites excluding steroid dienone is 1. The standard InChI is InChI=1S/C36H34N2O8S2/c1-24-19-21-29(22-20-24)48(42,43)47-35-31(37-30(39)23-45-28-17-11-6-12-18-28)34(40)38(35)32(25(2)44-3)36(41)46-33(26-13-7-4-8-14-26)27-15-9-5-10-16-27/h4-22,31,33,35H,23H2,1-3H3,(H,37,39)/b32-25-/t31-,35-/m1/s1. The smallest absolute Gasteiger partial charge is 0.359 e. The number of para-hydroxylation sites is 1. The maximum absolute atomic E-state index is 14.1. The summed E-state index contributed by atoms with van der Waals surface area (Å²) in [6.07, 6.45) is -0.857. The van der Waals surface area contributed by atoms with Crippen molar-refractivity contribution in [3.63, 3.8) is 0 Å². The van der Waals surface area contributed by atoms with Crippen molar-refractivity contribution in [2.75, 3.05) is 13.7 Å². The van der Waals surface area contributed by atoms with E-state index in [4.69, 9.17) is 14.2 Å². The summed E-state index contributed by atoms with van der Waals surface area (Å²) in [5.74, 6) is -1.84. The fourth-order valence-electron chi connectivity index (χ4n) is 4.96. The molecule has 248 valence electrons. The maximum atomic E-state index is 14.1. The molecule has 12 heteroatoms. The van der Waals surface area contributed by atoms with Crippen molar-refractivity contribution in [2.45, 2.75) is 36.3 Å². The minimum Gasteiger partial charge on any atom is -0.499 e. The number of nitrogens with zero attached hydrogens (tertiary/aromatic N) is 1. The number of hydrogen-bond acceptors (Lipinski definition) is 9. The Bertz CT molecular complexity index is 1850. The second kappa shape index (κ2) is 15.2. The third-order valence-corrected chi connectivity index (χ3v) is 11.2. The molecule has 2 atom stereocenters. The van der Waals surface area contributed by atoms with Crippen molar-refractivity contribution in [1.29, 1.82) is 0 Å². The lowest BCUT2D eigenvalue weighted by Gasteiger charge is -2.46. The first-order valence-electron chi connectivity index (χ1n) is 14.9. The molecule has 0 unspecified atom stereocenters. The Hall–Kier alpha value is -5.07. The molecule has 10 nitrogen and oxygen atoms in total. The molecule has 2 amide bonds. The van der Waals surface area contributed by atoms with Crippen LogP contribution in [0.1, 0.15) is 29.7 Å². The van der Waals surface area contributed by atoms with Crippen LogP contribution in [-0.4, -0.2) is 56.2 Å². The van der Waals surface area contributed by atoms with Gasteiger partial charge in [0.25, 0.3) is 11.8 Å². The Balaban J connectivity index is 1.46. The maximum Gasteiger partial charge on any atom is 0.359 e. The number of aryl methyl sites for hydroxylation is 1. The van der Waals surface area contributed by atoms with Gasteiger partial charge in [0.1, 0.15) is 22.9 Å². The number of carbonyl (C=O) groups excluding carboxylic acids is 3. The molecule has 1 heterocycles. The number of benzene rings is 4. The molecule has 0 aliphatic carbocycles. The van der Waals surface area contributed by atoms with Crippen molar-refractivity contribution >= 4 is 37.4 Å². The monoisotopic (exact) mass is 686 g/mol. The Morgan fingerprint density at radius 1 is 0.854 bits per heavy atom. The topological polar surface area (TPSA) is 128 Å². The van der Waals surface area contributed by atoms with Crippen molar-refractivity contribution in [2.24, 2.45) is 0 Å². The van der Waals surface area contributed by atoms with Gasteiger partial charge in [0, 0.05) is 10.8 Å². The summed E-state index contributed by atoms with van der Waals surface area (Å²) >= 11 is 0. The summed E-state index contributed by atoms with van der Waals surface area (Å²) in [6.45, 7) is 2.88. The van der Waals surface area contributed by atoms with Crippen molar-refractivity contribution < 1.29 is 37.0 Å². The molecule has 0 aromatic heterocycles. The van der Waals surface area contributed by atoms with Crippen LogP contribution in [0.25, 0.3) is 0 Å². The molecule has 5 rings (SSSR count). The van der Waals surface area contributed by atoms with E-state index in [2.05, 4.69) is 5.32 Å². The van der Waals surface area contributed by atoms with Gasteiger partial charge in [-0.25, -0.2) is 13.2 Å². The van der Waals surface area contributed by atoms with E-state index >= 15 is 0 Å². The van der Waals surface area contributed by atoms with Crippen LogP contribution in [0.5, 0.6) is 5.75 Å². The Labute approximate surface area is 283 Å². The van der Waals surface area contributed by atoms with E-state index in [1.54, 1.807) is 42.5 Å². The zero-order valence-electron chi connectivity index (χ0n) is 26.4. The highest BCUT2D eigenvalue weighted by molar-refractivity contribution is 8.72. The average Bonchev–Trinajstić information content (AvgIpc) is 3.11. The van der Waals surface area contributed by atoms with E-state index in [-0.39, 0.29) is 16.4 Å². The molecule has 4 aromatic rings. The number of nitrogens with one attached hydrogen (secondary N) is 1. The van der Waals surface area contributed by atoms with Gasteiger partial charge in [-0.05, 0) is 49.2 Å². The summed E-state index contributed by atoms with van der Waals surface area (Å²) in [6, 6.07) is 31.7. The van der Waals surface area contributed by atoms with Crippen molar-refractivity contribution in [3.05, 3.63) is 143 Å². The van der Waals surface area contributed by atoms with E-state index in [9.17, 15) is 22.8 Å². The molecular weight excluding hydrogens is 653 g/mol. The van der Waals surface area contributed by atoms with Gasteiger partial charge in [-0.3, -0.25) is 14.5 Å². The largest absolute Gasteiger partial charge is 0.499 e. The molecule has 0 spiro atoms. The van der Waals surface area contributed by atoms with Crippen LogP contribution in [0.4, 0.5) is 0 Å². The van der Waals surface area contributed by atoms with E-state index in [0.717, 1.165) is 10.5 Å². The van der Waals surface area contributed by atoms with Crippen LogP contribution in [-0.2, 0) is 32.7 Å². The second-order valence-corrected chi connectivity index (χ2v) is 14.8. The van der Waals surface area contributed by atoms with Gasteiger partial charge >= 0.3 is 5.97 Å². The van der Waals surface area contributed by atoms with Gasteiger partial charge in [0.05, 0.1) is 12.0 Å². The SMILES string of the molecule is CO/C(C)=C(/C(=O)OC(c1ccccc1)c1ccccc1)N1C(=O)[C@@H](NC(=O)COc2ccccc2)[C@H]1SS(=O)(=O)c1ccc(C)cc1. The van der Waals surface area contributed by atoms with Gasteiger partial charge < -0.3 is 19.5 Å². The number of methoxy groups -OCH3 is 1. The zero-order chi connectivity index (χ0) is 34.3. The molecule has 4 aromatic carbocycles. The van der Waals surface area contributed by atoms with Crippen LogP contribution in [0.2, 0.25) is 0 Å². The van der Waals surface area contributed by atoms with E-state index in [1.165, 1.54) is 26.2 Å². The quantitative estimate of drug-likeness (QED) is 0.0650. The number of likely N-dealkylation sites (tertiary alicyclic amines) is 1. The van der Waals surface area contributed by atoms with Crippen LogP contribution in [0, 0.1) is 6.92 Å². The Kier molecular flexibility index (Phi) is 10.9. The van der Waals surface area contributed by atoms with Gasteiger partial charge in [0.15, 0.2) is 18.4 Å². The third-order valence-electron chi connectivity index (χ3n) is 7.51. The van der Waals surface area contributed by atoms with Crippen molar-refractivity contribution in [1.82, 2.24) is 10.2 Å². The summed E-state index contributed by atoms with van der Waals surface area (Å²) in [7, 11) is -2.34. The third kappa shape index (κ3) is 7.89.